The smallest absolute Gasteiger partial charge is 0.146 e. The molecular weight excluding hydrogens is 249 g/mol. The summed E-state index contributed by atoms with van der Waals surface area (Å²) < 4.78 is 13.7. The zero-order valence-corrected chi connectivity index (χ0v) is 12.4. The molecule has 0 radical (unpaired) electrons. The van der Waals surface area contributed by atoms with Crippen molar-refractivity contribution in [2.24, 2.45) is 0 Å². The van der Waals surface area contributed by atoms with Crippen LogP contribution in [0.25, 0.3) is 0 Å². The van der Waals surface area contributed by atoms with E-state index in [0.29, 0.717) is 5.69 Å². The van der Waals surface area contributed by atoms with E-state index in [1.54, 1.807) is 6.07 Å². The molecule has 1 unspecified atom stereocenters. The van der Waals surface area contributed by atoms with Gasteiger partial charge in [-0.15, -0.1) is 0 Å². The molecule has 0 aromatic heterocycles. The minimum Gasteiger partial charge on any atom is -0.380 e. The highest BCUT2D eigenvalue weighted by molar-refractivity contribution is 5.47. The van der Waals surface area contributed by atoms with Crippen LogP contribution < -0.4 is 5.32 Å². The van der Waals surface area contributed by atoms with Crippen molar-refractivity contribution in [2.75, 3.05) is 5.32 Å². The van der Waals surface area contributed by atoms with Crippen LogP contribution in [-0.2, 0) is 6.42 Å². The second-order valence-electron chi connectivity index (χ2n) is 5.56. The number of nitrogens with one attached hydrogen (secondary N) is 1. The molecule has 106 valence electrons. The number of benzene rings is 2. The minimum absolute atomic E-state index is 0.182. The van der Waals surface area contributed by atoms with Gasteiger partial charge in [-0.25, -0.2) is 4.39 Å². The van der Waals surface area contributed by atoms with Gasteiger partial charge in [0.05, 0.1) is 5.69 Å². The summed E-state index contributed by atoms with van der Waals surface area (Å²) in [5.74, 6) is -0.182. The quantitative estimate of drug-likeness (QED) is 0.817. The fourth-order valence-electron chi connectivity index (χ4n) is 2.34. The summed E-state index contributed by atoms with van der Waals surface area (Å²) in [5.41, 5.74) is 4.29. The highest BCUT2D eigenvalue weighted by Gasteiger charge is 2.07. The van der Waals surface area contributed by atoms with Crippen LogP contribution in [0, 0.1) is 19.7 Å². The standard InChI is InChI=1S/C18H22FN/c1-13-5-4-6-16(11-13)9-8-15(3)20-18-12-14(2)7-10-17(18)19/h4-7,10-12,15,20H,8-9H2,1-3H3. The van der Waals surface area contributed by atoms with Gasteiger partial charge in [0.1, 0.15) is 5.82 Å². The third kappa shape index (κ3) is 4.09. The topological polar surface area (TPSA) is 12.0 Å². The first-order chi connectivity index (χ1) is 9.54. The van der Waals surface area contributed by atoms with Gasteiger partial charge in [0.2, 0.25) is 0 Å². The lowest BCUT2D eigenvalue weighted by Crippen LogP contribution is -2.17. The molecule has 0 aliphatic carbocycles. The normalized spacial score (nSPS) is 12.2. The Morgan fingerprint density at radius 3 is 2.55 bits per heavy atom. The zero-order valence-electron chi connectivity index (χ0n) is 12.4. The fourth-order valence-corrected chi connectivity index (χ4v) is 2.34. The van der Waals surface area contributed by atoms with Gasteiger partial charge in [0, 0.05) is 6.04 Å². The molecule has 0 heterocycles. The molecular formula is C18H22FN. The minimum atomic E-state index is -0.182. The summed E-state index contributed by atoms with van der Waals surface area (Å²) in [7, 11) is 0. The van der Waals surface area contributed by atoms with Crippen molar-refractivity contribution in [3.63, 3.8) is 0 Å². The van der Waals surface area contributed by atoms with E-state index in [9.17, 15) is 4.39 Å². The number of hydrogen-bond acceptors (Lipinski definition) is 1. The second kappa shape index (κ2) is 6.56. The van der Waals surface area contributed by atoms with Gasteiger partial charge < -0.3 is 5.32 Å². The first-order valence-electron chi connectivity index (χ1n) is 7.13. The highest BCUT2D eigenvalue weighted by Crippen LogP contribution is 2.18. The number of hydrogen-bond donors (Lipinski definition) is 1. The fraction of sp³-hybridized carbons (Fsp3) is 0.333. The van der Waals surface area contributed by atoms with Crippen LogP contribution in [0.3, 0.4) is 0 Å². The molecule has 0 aliphatic heterocycles. The summed E-state index contributed by atoms with van der Waals surface area (Å²) in [5, 5.41) is 3.26. The summed E-state index contributed by atoms with van der Waals surface area (Å²) in [4.78, 5) is 0. The number of rotatable bonds is 5. The summed E-state index contributed by atoms with van der Waals surface area (Å²) >= 11 is 0. The molecule has 20 heavy (non-hydrogen) atoms. The van der Waals surface area contributed by atoms with E-state index in [1.807, 2.05) is 13.0 Å². The molecule has 0 saturated carbocycles. The van der Waals surface area contributed by atoms with E-state index in [2.05, 4.69) is 43.4 Å². The van der Waals surface area contributed by atoms with Crippen LogP contribution in [0.4, 0.5) is 10.1 Å². The highest BCUT2D eigenvalue weighted by atomic mass is 19.1. The number of halogens is 1. The molecule has 1 nitrogen and oxygen atoms in total. The van der Waals surface area contributed by atoms with Crippen LogP contribution in [-0.4, -0.2) is 6.04 Å². The van der Waals surface area contributed by atoms with Gasteiger partial charge in [0.25, 0.3) is 0 Å². The van der Waals surface area contributed by atoms with Crippen LogP contribution in [0.15, 0.2) is 42.5 Å². The van der Waals surface area contributed by atoms with Crippen LogP contribution >= 0.6 is 0 Å². The molecule has 0 aliphatic rings. The van der Waals surface area contributed by atoms with Gasteiger partial charge in [-0.3, -0.25) is 0 Å². The molecule has 1 N–H and O–H groups in total. The Kier molecular flexibility index (Phi) is 4.78. The largest absolute Gasteiger partial charge is 0.380 e. The van der Waals surface area contributed by atoms with E-state index in [4.69, 9.17) is 0 Å². The molecule has 0 fully saturated rings. The molecule has 2 rings (SSSR count). The second-order valence-corrected chi connectivity index (χ2v) is 5.56. The molecule has 2 heteroatoms. The molecule has 0 bridgehead atoms. The lowest BCUT2D eigenvalue weighted by atomic mass is 10.0. The molecule has 1 atom stereocenters. The summed E-state index contributed by atoms with van der Waals surface area (Å²) in [6.45, 7) is 6.17. The maximum Gasteiger partial charge on any atom is 0.146 e. The molecule has 2 aromatic carbocycles. The Labute approximate surface area is 120 Å². The van der Waals surface area contributed by atoms with Crippen LogP contribution in [0.5, 0.6) is 0 Å². The van der Waals surface area contributed by atoms with Crippen molar-refractivity contribution in [1.82, 2.24) is 0 Å². The third-order valence-electron chi connectivity index (χ3n) is 3.47. The Morgan fingerprint density at radius 1 is 1.05 bits per heavy atom. The van der Waals surface area contributed by atoms with Crippen molar-refractivity contribution >= 4 is 5.69 Å². The van der Waals surface area contributed by atoms with E-state index in [-0.39, 0.29) is 11.9 Å². The van der Waals surface area contributed by atoms with Crippen LogP contribution in [0.1, 0.15) is 30.0 Å². The zero-order chi connectivity index (χ0) is 14.5. The lowest BCUT2D eigenvalue weighted by Gasteiger charge is -2.16. The Hall–Kier alpha value is -1.83. The van der Waals surface area contributed by atoms with E-state index >= 15 is 0 Å². The predicted octanol–water partition coefficient (Wildman–Crippen LogP) is 4.88. The molecule has 0 amide bonds. The molecule has 2 aromatic rings. The first kappa shape index (κ1) is 14.6. The lowest BCUT2D eigenvalue weighted by molar-refractivity contribution is 0.621. The third-order valence-corrected chi connectivity index (χ3v) is 3.47. The maximum atomic E-state index is 13.7. The van der Waals surface area contributed by atoms with Crippen molar-refractivity contribution in [3.8, 4) is 0 Å². The Balaban J connectivity index is 1.92. The SMILES string of the molecule is Cc1cccc(CCC(C)Nc2cc(C)ccc2F)c1. The summed E-state index contributed by atoms with van der Waals surface area (Å²) in [6.07, 6.45) is 1.99. The number of anilines is 1. The maximum absolute atomic E-state index is 13.7. The van der Waals surface area contributed by atoms with Gasteiger partial charge >= 0.3 is 0 Å². The van der Waals surface area contributed by atoms with Gasteiger partial charge in [0.15, 0.2) is 0 Å². The first-order valence-corrected chi connectivity index (χ1v) is 7.13. The Bertz CT molecular complexity index is 577. The van der Waals surface area contributed by atoms with Crippen molar-refractivity contribution in [1.29, 1.82) is 0 Å². The summed E-state index contributed by atoms with van der Waals surface area (Å²) in [6, 6.07) is 14.0. The van der Waals surface area contributed by atoms with Gasteiger partial charge in [-0.05, 0) is 56.9 Å². The van der Waals surface area contributed by atoms with Crippen molar-refractivity contribution in [3.05, 3.63) is 65.0 Å². The van der Waals surface area contributed by atoms with Gasteiger partial charge in [-0.2, -0.15) is 0 Å². The Morgan fingerprint density at radius 2 is 1.80 bits per heavy atom. The molecule has 0 spiro atoms. The van der Waals surface area contributed by atoms with Crippen molar-refractivity contribution < 1.29 is 4.39 Å². The van der Waals surface area contributed by atoms with E-state index in [1.165, 1.54) is 17.2 Å². The molecule has 0 saturated heterocycles. The van der Waals surface area contributed by atoms with Crippen LogP contribution in [0.2, 0.25) is 0 Å². The van der Waals surface area contributed by atoms with Crippen molar-refractivity contribution in [2.45, 2.75) is 39.7 Å². The average Bonchev–Trinajstić information content (AvgIpc) is 2.41. The van der Waals surface area contributed by atoms with E-state index < -0.39 is 0 Å². The average molecular weight is 271 g/mol. The monoisotopic (exact) mass is 271 g/mol. The van der Waals surface area contributed by atoms with Gasteiger partial charge in [-0.1, -0.05) is 35.9 Å². The number of aryl methyl sites for hydroxylation is 3. The predicted molar refractivity (Wildman–Crippen MR) is 83.7 cm³/mol. The van der Waals surface area contributed by atoms with E-state index in [0.717, 1.165) is 18.4 Å².